The molecule has 0 fully saturated rings. The summed E-state index contributed by atoms with van der Waals surface area (Å²) in [6, 6.07) is 0. The number of rotatable bonds is 6. The number of hydrogen-bond acceptors (Lipinski definition) is 3. The molecule has 1 unspecified atom stereocenters. The van der Waals surface area contributed by atoms with Crippen LogP contribution < -0.4 is 0 Å². The van der Waals surface area contributed by atoms with Gasteiger partial charge in [0.25, 0.3) is 0 Å². The van der Waals surface area contributed by atoms with E-state index in [1.54, 1.807) is 18.2 Å². The fourth-order valence-electron chi connectivity index (χ4n) is 0.481. The molecule has 0 aromatic rings. The van der Waals surface area contributed by atoms with Crippen LogP contribution in [0.5, 0.6) is 0 Å². The molecule has 0 bridgehead atoms. The van der Waals surface area contributed by atoms with E-state index in [1.807, 2.05) is 0 Å². The van der Waals surface area contributed by atoms with E-state index in [2.05, 4.69) is 15.6 Å². The zero-order chi connectivity index (χ0) is 9.45. The molecule has 5 heteroatoms. The summed E-state index contributed by atoms with van der Waals surface area (Å²) >= 11 is 0. The molecule has 4 nitrogen and oxygen atoms in total. The highest BCUT2D eigenvalue weighted by Gasteiger charge is 2.16. The van der Waals surface area contributed by atoms with Crippen LogP contribution in [0.1, 0.15) is 6.42 Å². The third-order valence-electron chi connectivity index (χ3n) is 1.04. The predicted molar refractivity (Wildman–Crippen MR) is 46.7 cm³/mol. The van der Waals surface area contributed by atoms with Gasteiger partial charge in [-0.1, -0.05) is 24.8 Å². The minimum absolute atomic E-state index is 0.159. The Balaban J connectivity index is 3.50. The van der Waals surface area contributed by atoms with Crippen molar-refractivity contribution < 1.29 is 18.5 Å². The monoisotopic (exact) mass is 192 g/mol. The van der Waals surface area contributed by atoms with Crippen LogP contribution in [-0.2, 0) is 13.6 Å². The van der Waals surface area contributed by atoms with Crippen LogP contribution >= 0.6 is 7.82 Å². The smallest absolute Gasteiger partial charge is 0.303 e. The highest BCUT2D eigenvalue weighted by atomic mass is 31.2. The lowest BCUT2D eigenvalue weighted by atomic mass is 10.4. The first kappa shape index (κ1) is 11.6. The summed E-state index contributed by atoms with van der Waals surface area (Å²) in [5.41, 5.74) is 0. The molecule has 0 aliphatic heterocycles. The third-order valence-corrected chi connectivity index (χ3v) is 2.01. The van der Waals surface area contributed by atoms with Crippen LogP contribution in [0.2, 0.25) is 0 Å². The van der Waals surface area contributed by atoms with Crippen molar-refractivity contribution in [2.45, 2.75) is 6.42 Å². The number of phosphoric ester groups is 1. The van der Waals surface area contributed by atoms with Gasteiger partial charge in [-0.15, -0.1) is 0 Å². The molecular weight excluding hydrogens is 179 g/mol. The van der Waals surface area contributed by atoms with Crippen LogP contribution in [0.25, 0.3) is 0 Å². The van der Waals surface area contributed by atoms with E-state index in [0.717, 1.165) is 7.11 Å². The minimum atomic E-state index is -3.78. The highest BCUT2D eigenvalue weighted by molar-refractivity contribution is 7.47. The van der Waals surface area contributed by atoms with E-state index in [4.69, 9.17) is 4.89 Å². The van der Waals surface area contributed by atoms with Crippen molar-refractivity contribution in [3.63, 3.8) is 0 Å². The molecule has 1 N–H and O–H groups in total. The molecule has 70 valence electrons. The van der Waals surface area contributed by atoms with Gasteiger partial charge in [-0.05, 0) is 6.42 Å². The van der Waals surface area contributed by atoms with Gasteiger partial charge in [0.05, 0.1) is 6.61 Å². The van der Waals surface area contributed by atoms with Gasteiger partial charge in [0.1, 0.15) is 0 Å². The topological polar surface area (TPSA) is 55.8 Å². The first-order valence-corrected chi connectivity index (χ1v) is 4.92. The number of hydrogen-bond donors (Lipinski definition) is 1. The van der Waals surface area contributed by atoms with E-state index in [0.29, 0.717) is 6.42 Å². The minimum Gasteiger partial charge on any atom is -0.303 e. The van der Waals surface area contributed by atoms with Gasteiger partial charge in [-0.25, -0.2) is 4.57 Å². The average Bonchev–Trinajstić information content (AvgIpc) is 2.04. The second-order valence-electron chi connectivity index (χ2n) is 1.94. The second kappa shape index (κ2) is 6.14. The molecule has 12 heavy (non-hydrogen) atoms. The quantitative estimate of drug-likeness (QED) is 0.396. The summed E-state index contributed by atoms with van der Waals surface area (Å²) in [7, 11) is -2.66. The Morgan fingerprint density at radius 1 is 1.67 bits per heavy atom. The Morgan fingerprint density at radius 3 is 2.83 bits per heavy atom. The van der Waals surface area contributed by atoms with Crippen molar-refractivity contribution >= 4 is 7.82 Å². The molecule has 0 spiro atoms. The lowest BCUT2D eigenvalue weighted by Crippen LogP contribution is -1.92. The maximum Gasteiger partial charge on any atom is 0.471 e. The first-order chi connectivity index (χ1) is 5.62. The first-order valence-electron chi connectivity index (χ1n) is 3.43. The SMILES string of the molecule is C=C/C=C/CCOP(=O)(O)OC. The van der Waals surface area contributed by atoms with Crippen molar-refractivity contribution in [3.05, 3.63) is 24.8 Å². The molecule has 0 aliphatic rings. The van der Waals surface area contributed by atoms with Crippen LogP contribution in [0.15, 0.2) is 24.8 Å². The van der Waals surface area contributed by atoms with Gasteiger partial charge in [0.15, 0.2) is 0 Å². The van der Waals surface area contributed by atoms with E-state index < -0.39 is 7.82 Å². The fraction of sp³-hybridized carbons (Fsp3) is 0.429. The summed E-state index contributed by atoms with van der Waals surface area (Å²) in [5.74, 6) is 0. The number of phosphoric acid groups is 1. The van der Waals surface area contributed by atoms with Crippen LogP contribution in [-0.4, -0.2) is 18.6 Å². The molecule has 0 rings (SSSR count). The van der Waals surface area contributed by atoms with Crippen LogP contribution in [0.4, 0.5) is 0 Å². The molecule has 0 saturated carbocycles. The van der Waals surface area contributed by atoms with Gasteiger partial charge >= 0.3 is 7.82 Å². The maximum absolute atomic E-state index is 10.7. The molecule has 0 aliphatic carbocycles. The Kier molecular flexibility index (Phi) is 5.93. The van der Waals surface area contributed by atoms with Crippen molar-refractivity contribution in [1.29, 1.82) is 0 Å². The Morgan fingerprint density at radius 2 is 2.33 bits per heavy atom. The Bertz CT molecular complexity index is 200. The van der Waals surface area contributed by atoms with Crippen molar-refractivity contribution in [1.82, 2.24) is 0 Å². The van der Waals surface area contributed by atoms with Crippen molar-refractivity contribution in [2.75, 3.05) is 13.7 Å². The maximum atomic E-state index is 10.7. The van der Waals surface area contributed by atoms with E-state index >= 15 is 0 Å². The predicted octanol–water partition coefficient (Wildman–Crippen LogP) is 1.88. The molecule has 0 amide bonds. The summed E-state index contributed by atoms with van der Waals surface area (Å²) in [5, 5.41) is 0. The molecule has 0 heterocycles. The van der Waals surface area contributed by atoms with E-state index in [1.165, 1.54) is 0 Å². The zero-order valence-electron chi connectivity index (χ0n) is 6.97. The average molecular weight is 192 g/mol. The van der Waals surface area contributed by atoms with Gasteiger partial charge < -0.3 is 4.89 Å². The Labute approximate surface area is 72.1 Å². The standard InChI is InChI=1S/C7H13O4P/c1-3-4-5-6-7-11-12(8,9)10-2/h3-5H,1,6-7H2,2H3,(H,8,9)/b5-4+. The van der Waals surface area contributed by atoms with E-state index in [-0.39, 0.29) is 6.61 Å². The molecule has 0 aromatic carbocycles. The highest BCUT2D eigenvalue weighted by Crippen LogP contribution is 2.41. The third kappa shape index (κ3) is 6.31. The van der Waals surface area contributed by atoms with E-state index in [9.17, 15) is 4.57 Å². The van der Waals surface area contributed by atoms with Crippen molar-refractivity contribution in [3.8, 4) is 0 Å². The lowest BCUT2D eigenvalue weighted by Gasteiger charge is -2.06. The molecule has 0 saturated heterocycles. The Hall–Kier alpha value is -0.410. The zero-order valence-corrected chi connectivity index (χ0v) is 7.87. The lowest BCUT2D eigenvalue weighted by molar-refractivity contribution is 0.176. The second-order valence-corrected chi connectivity index (χ2v) is 3.50. The van der Waals surface area contributed by atoms with Gasteiger partial charge in [0, 0.05) is 7.11 Å². The largest absolute Gasteiger partial charge is 0.471 e. The van der Waals surface area contributed by atoms with Crippen LogP contribution in [0, 0.1) is 0 Å². The summed E-state index contributed by atoms with van der Waals surface area (Å²) < 4.78 is 19.4. The fourth-order valence-corrected chi connectivity index (χ4v) is 0.923. The van der Waals surface area contributed by atoms with Crippen LogP contribution in [0.3, 0.4) is 0 Å². The number of allylic oxidation sites excluding steroid dienone is 2. The van der Waals surface area contributed by atoms with Gasteiger partial charge in [-0.3, -0.25) is 9.05 Å². The summed E-state index contributed by atoms with van der Waals surface area (Å²) in [4.78, 5) is 8.75. The molecule has 1 atom stereocenters. The molecular formula is C7H13O4P. The van der Waals surface area contributed by atoms with Gasteiger partial charge in [-0.2, -0.15) is 0 Å². The molecule has 0 aromatic heterocycles. The molecule has 0 radical (unpaired) electrons. The van der Waals surface area contributed by atoms with Crippen molar-refractivity contribution in [2.24, 2.45) is 0 Å². The normalized spacial score (nSPS) is 16.2. The summed E-state index contributed by atoms with van der Waals surface area (Å²) in [6.07, 6.45) is 5.69. The summed E-state index contributed by atoms with van der Waals surface area (Å²) in [6.45, 7) is 3.63. The van der Waals surface area contributed by atoms with Gasteiger partial charge in [0.2, 0.25) is 0 Å².